The average molecular weight is 174 g/mol. The predicted octanol–water partition coefficient (Wildman–Crippen LogP) is 1.23. The summed E-state index contributed by atoms with van der Waals surface area (Å²) < 4.78 is 0. The van der Waals surface area contributed by atoms with Crippen molar-refractivity contribution in [3.8, 4) is 0 Å². The van der Waals surface area contributed by atoms with E-state index in [-0.39, 0.29) is 0 Å². The molecule has 0 heterocycles. The van der Waals surface area contributed by atoms with E-state index < -0.39 is 0 Å². The lowest BCUT2D eigenvalue weighted by molar-refractivity contribution is -0.118. The first-order chi connectivity index (χ1) is 5.76. The van der Waals surface area contributed by atoms with Crippen LogP contribution in [0.1, 0.15) is 33.6 Å². The van der Waals surface area contributed by atoms with Gasteiger partial charge in [0.05, 0.1) is 0 Å². The summed E-state index contributed by atoms with van der Waals surface area (Å²) in [5.74, 6) is 0. The molecule has 1 amide bonds. The van der Waals surface area contributed by atoms with Crippen molar-refractivity contribution in [2.45, 2.75) is 33.6 Å². The monoisotopic (exact) mass is 174 g/mol. The van der Waals surface area contributed by atoms with Crippen molar-refractivity contribution >= 4 is 6.41 Å². The van der Waals surface area contributed by atoms with Gasteiger partial charge in [0.2, 0.25) is 6.41 Å². The van der Waals surface area contributed by atoms with Gasteiger partial charge in [-0.3, -0.25) is 4.79 Å². The van der Waals surface area contributed by atoms with Crippen molar-refractivity contribution in [2.24, 2.45) is 5.73 Å². The Bertz CT molecular complexity index is 80.6. The summed E-state index contributed by atoms with van der Waals surface area (Å²) in [6.07, 6.45) is 3.03. The third kappa shape index (κ3) is 12.1. The van der Waals surface area contributed by atoms with Crippen molar-refractivity contribution < 1.29 is 4.79 Å². The molecule has 0 aliphatic carbocycles. The van der Waals surface area contributed by atoms with E-state index in [1.807, 2.05) is 6.92 Å². The Balaban J connectivity index is 0. The van der Waals surface area contributed by atoms with Crippen molar-refractivity contribution in [3.63, 3.8) is 0 Å². The molecule has 0 radical (unpaired) electrons. The summed E-state index contributed by atoms with van der Waals surface area (Å²) in [6.45, 7) is 8.60. The molecule has 0 aliphatic rings. The van der Waals surface area contributed by atoms with Gasteiger partial charge in [0.15, 0.2) is 0 Å². The van der Waals surface area contributed by atoms with E-state index in [1.54, 1.807) is 4.90 Å². The van der Waals surface area contributed by atoms with Gasteiger partial charge in [-0.25, -0.2) is 0 Å². The topological polar surface area (TPSA) is 46.3 Å². The van der Waals surface area contributed by atoms with Crippen molar-refractivity contribution in [1.82, 2.24) is 4.90 Å². The summed E-state index contributed by atoms with van der Waals surface area (Å²) in [6, 6.07) is 0. The molecule has 0 rings (SSSR count). The number of nitrogens with two attached hydrogens (primary N) is 1. The van der Waals surface area contributed by atoms with Crippen LogP contribution in [0.5, 0.6) is 0 Å². The number of hydrogen-bond acceptors (Lipinski definition) is 2. The Kier molecular flexibility index (Phi) is 15.2. The maximum Gasteiger partial charge on any atom is 0.209 e. The lowest BCUT2D eigenvalue weighted by Crippen LogP contribution is -2.23. The Morgan fingerprint density at radius 1 is 1.17 bits per heavy atom. The van der Waals surface area contributed by atoms with E-state index in [0.29, 0.717) is 0 Å². The fraction of sp³-hybridized carbons (Fsp3) is 0.889. The highest BCUT2D eigenvalue weighted by Gasteiger charge is 1.94. The Hall–Kier alpha value is -0.570. The van der Waals surface area contributed by atoms with Crippen molar-refractivity contribution in [3.05, 3.63) is 0 Å². The summed E-state index contributed by atoms with van der Waals surface area (Å²) in [5, 5.41) is 0. The highest BCUT2D eigenvalue weighted by Crippen LogP contribution is 1.88. The molecule has 0 aromatic rings. The molecular weight excluding hydrogens is 152 g/mol. The molecule has 0 saturated heterocycles. The molecule has 0 aromatic carbocycles. The van der Waals surface area contributed by atoms with Crippen LogP contribution in [0, 0.1) is 0 Å². The molecule has 3 heteroatoms. The first-order valence-corrected chi connectivity index (χ1v) is 4.66. The summed E-state index contributed by atoms with van der Waals surface area (Å²) in [5.41, 5.74) is 4.85. The number of carbonyl (C=O) groups is 1. The summed E-state index contributed by atoms with van der Waals surface area (Å²) in [4.78, 5) is 12.0. The third-order valence-electron chi connectivity index (χ3n) is 1.17. The lowest BCUT2D eigenvalue weighted by atomic mass is 10.4. The molecule has 0 spiro atoms. The largest absolute Gasteiger partial charge is 0.345 e. The highest BCUT2D eigenvalue weighted by atomic mass is 16.1. The van der Waals surface area contributed by atoms with Crippen LogP contribution in [-0.4, -0.2) is 30.9 Å². The SMILES string of the molecule is CCCN(C=O)CCC.CCN. The molecule has 12 heavy (non-hydrogen) atoms. The number of amides is 1. The zero-order valence-corrected chi connectivity index (χ0v) is 8.55. The van der Waals surface area contributed by atoms with Gasteiger partial charge in [0.25, 0.3) is 0 Å². The lowest BCUT2D eigenvalue weighted by Gasteiger charge is -2.13. The highest BCUT2D eigenvalue weighted by molar-refractivity contribution is 5.46. The van der Waals surface area contributed by atoms with E-state index in [4.69, 9.17) is 5.73 Å². The molecule has 3 nitrogen and oxygen atoms in total. The number of rotatable bonds is 5. The van der Waals surface area contributed by atoms with Crippen LogP contribution in [0.4, 0.5) is 0 Å². The fourth-order valence-electron chi connectivity index (χ4n) is 0.792. The first-order valence-electron chi connectivity index (χ1n) is 4.66. The van der Waals surface area contributed by atoms with Gasteiger partial charge >= 0.3 is 0 Å². The Morgan fingerprint density at radius 2 is 1.50 bits per heavy atom. The molecule has 0 bridgehead atoms. The van der Waals surface area contributed by atoms with Gasteiger partial charge in [-0.1, -0.05) is 20.8 Å². The van der Waals surface area contributed by atoms with Crippen LogP contribution < -0.4 is 5.73 Å². The summed E-state index contributed by atoms with van der Waals surface area (Å²) >= 11 is 0. The number of hydrogen-bond donors (Lipinski definition) is 1. The van der Waals surface area contributed by atoms with E-state index in [0.717, 1.165) is 38.9 Å². The molecule has 0 fully saturated rings. The Labute approximate surface area is 75.9 Å². The van der Waals surface area contributed by atoms with Crippen LogP contribution in [-0.2, 0) is 4.79 Å². The smallest absolute Gasteiger partial charge is 0.209 e. The van der Waals surface area contributed by atoms with Crippen molar-refractivity contribution in [1.29, 1.82) is 0 Å². The van der Waals surface area contributed by atoms with Gasteiger partial charge in [-0.15, -0.1) is 0 Å². The normalized spacial score (nSPS) is 8.33. The Morgan fingerprint density at radius 3 is 1.67 bits per heavy atom. The molecule has 0 saturated carbocycles. The molecule has 0 atom stereocenters. The van der Waals surface area contributed by atoms with Crippen molar-refractivity contribution in [2.75, 3.05) is 19.6 Å². The molecule has 0 aromatic heterocycles. The van der Waals surface area contributed by atoms with Gasteiger partial charge < -0.3 is 10.6 Å². The molecule has 0 unspecified atom stereocenters. The van der Waals surface area contributed by atoms with Crippen LogP contribution in [0.25, 0.3) is 0 Å². The van der Waals surface area contributed by atoms with Crippen LogP contribution >= 0.6 is 0 Å². The van der Waals surface area contributed by atoms with E-state index in [2.05, 4.69) is 13.8 Å². The molecule has 2 N–H and O–H groups in total. The third-order valence-corrected chi connectivity index (χ3v) is 1.17. The second kappa shape index (κ2) is 13.1. The number of nitrogens with zero attached hydrogens (tertiary/aromatic N) is 1. The van der Waals surface area contributed by atoms with E-state index in [9.17, 15) is 4.79 Å². The minimum atomic E-state index is 0.750. The van der Waals surface area contributed by atoms with Crippen LogP contribution in [0.15, 0.2) is 0 Å². The van der Waals surface area contributed by atoms with E-state index in [1.165, 1.54) is 0 Å². The quantitative estimate of drug-likeness (QED) is 0.637. The van der Waals surface area contributed by atoms with Gasteiger partial charge in [-0.05, 0) is 19.4 Å². The minimum absolute atomic E-state index is 0.750. The maximum atomic E-state index is 10.2. The first kappa shape index (κ1) is 14.0. The second-order valence-corrected chi connectivity index (χ2v) is 2.55. The van der Waals surface area contributed by atoms with Crippen LogP contribution in [0.3, 0.4) is 0 Å². The number of carbonyl (C=O) groups excluding carboxylic acids is 1. The summed E-state index contributed by atoms with van der Waals surface area (Å²) in [7, 11) is 0. The molecule has 74 valence electrons. The fourth-order valence-corrected chi connectivity index (χ4v) is 0.792. The van der Waals surface area contributed by atoms with Crippen LogP contribution in [0.2, 0.25) is 0 Å². The molecular formula is C9H22N2O. The van der Waals surface area contributed by atoms with Gasteiger partial charge in [0.1, 0.15) is 0 Å². The van der Waals surface area contributed by atoms with Gasteiger partial charge in [0, 0.05) is 13.1 Å². The van der Waals surface area contributed by atoms with E-state index >= 15 is 0 Å². The average Bonchev–Trinajstić information content (AvgIpc) is 2.05. The minimum Gasteiger partial charge on any atom is -0.345 e. The second-order valence-electron chi connectivity index (χ2n) is 2.55. The standard InChI is InChI=1S/C7H15NO.C2H7N/c1-3-5-8(7-9)6-4-2;1-2-3/h7H,3-6H2,1-2H3;2-3H2,1H3. The predicted molar refractivity (Wildman–Crippen MR) is 52.9 cm³/mol. The zero-order chi connectivity index (χ0) is 9.82. The zero-order valence-electron chi connectivity index (χ0n) is 8.55. The van der Waals surface area contributed by atoms with Gasteiger partial charge in [-0.2, -0.15) is 0 Å². The molecule has 0 aliphatic heterocycles. The maximum absolute atomic E-state index is 10.2.